The van der Waals surface area contributed by atoms with Crippen molar-refractivity contribution >= 4 is 28.1 Å². The second-order valence-corrected chi connectivity index (χ2v) is 6.17. The molecule has 2 rings (SSSR count). The standard InChI is InChI=1S/C19H21BrN2O4/c1-4-13-5-7-16(15(20)9-13)26-12-19(23)22-21-11-14-6-8-17(24-2)18(10-14)25-3/h5-11H,4,12H2,1-3H3,(H,22,23)/b21-11+. The van der Waals surface area contributed by atoms with Gasteiger partial charge in [-0.05, 0) is 63.8 Å². The van der Waals surface area contributed by atoms with E-state index < -0.39 is 0 Å². The number of benzene rings is 2. The Bertz CT molecular complexity index is 793. The van der Waals surface area contributed by atoms with Gasteiger partial charge in [-0.1, -0.05) is 13.0 Å². The van der Waals surface area contributed by atoms with Gasteiger partial charge in [0.15, 0.2) is 18.1 Å². The van der Waals surface area contributed by atoms with E-state index in [2.05, 4.69) is 33.4 Å². The quantitative estimate of drug-likeness (QED) is 0.523. The number of methoxy groups -OCH3 is 2. The Balaban J connectivity index is 1.87. The third-order valence-electron chi connectivity index (χ3n) is 3.57. The van der Waals surface area contributed by atoms with E-state index in [9.17, 15) is 4.79 Å². The first-order chi connectivity index (χ1) is 12.6. The highest BCUT2D eigenvalue weighted by Crippen LogP contribution is 2.27. The molecule has 1 amide bonds. The Labute approximate surface area is 161 Å². The van der Waals surface area contributed by atoms with E-state index in [1.165, 1.54) is 11.8 Å². The number of rotatable bonds is 8. The highest BCUT2D eigenvalue weighted by Gasteiger charge is 2.06. The number of nitrogens with zero attached hydrogens (tertiary/aromatic N) is 1. The lowest BCUT2D eigenvalue weighted by atomic mass is 10.2. The van der Waals surface area contributed by atoms with Gasteiger partial charge in [-0.15, -0.1) is 0 Å². The fraction of sp³-hybridized carbons (Fsp3) is 0.263. The smallest absolute Gasteiger partial charge is 0.277 e. The van der Waals surface area contributed by atoms with Crippen LogP contribution >= 0.6 is 15.9 Å². The number of carbonyl (C=O) groups excluding carboxylic acids is 1. The fourth-order valence-electron chi connectivity index (χ4n) is 2.17. The molecule has 0 aliphatic rings. The molecule has 1 N–H and O–H groups in total. The summed E-state index contributed by atoms with van der Waals surface area (Å²) in [6.07, 6.45) is 2.45. The van der Waals surface area contributed by atoms with Crippen molar-refractivity contribution in [3.8, 4) is 17.2 Å². The minimum absolute atomic E-state index is 0.132. The molecule has 0 saturated carbocycles. The van der Waals surface area contributed by atoms with E-state index in [4.69, 9.17) is 14.2 Å². The van der Waals surface area contributed by atoms with Crippen molar-refractivity contribution < 1.29 is 19.0 Å². The molecule has 0 atom stereocenters. The second kappa shape index (κ2) is 9.82. The lowest BCUT2D eigenvalue weighted by Crippen LogP contribution is -2.24. The number of ether oxygens (including phenoxy) is 3. The van der Waals surface area contributed by atoms with Gasteiger partial charge in [0.05, 0.1) is 24.9 Å². The van der Waals surface area contributed by atoms with Crippen LogP contribution in [0.15, 0.2) is 46.0 Å². The number of hydrogen-bond acceptors (Lipinski definition) is 5. The Morgan fingerprint density at radius 3 is 2.50 bits per heavy atom. The molecule has 0 saturated heterocycles. The molecule has 0 fully saturated rings. The number of hydrazone groups is 1. The Kier molecular flexibility index (Phi) is 7.47. The summed E-state index contributed by atoms with van der Waals surface area (Å²) in [6, 6.07) is 11.1. The highest BCUT2D eigenvalue weighted by molar-refractivity contribution is 9.10. The number of nitrogens with one attached hydrogen (secondary N) is 1. The van der Waals surface area contributed by atoms with Crippen LogP contribution in [0.4, 0.5) is 0 Å². The van der Waals surface area contributed by atoms with Gasteiger partial charge in [0.1, 0.15) is 5.75 Å². The van der Waals surface area contributed by atoms with Crippen LogP contribution in [0, 0.1) is 0 Å². The molecule has 0 aromatic heterocycles. The average Bonchev–Trinajstić information content (AvgIpc) is 2.66. The zero-order valence-corrected chi connectivity index (χ0v) is 16.5. The van der Waals surface area contributed by atoms with Crippen molar-refractivity contribution in [2.75, 3.05) is 20.8 Å². The van der Waals surface area contributed by atoms with E-state index in [0.29, 0.717) is 17.2 Å². The predicted molar refractivity (Wildman–Crippen MR) is 104 cm³/mol. The maximum atomic E-state index is 11.9. The average molecular weight is 421 g/mol. The molecular weight excluding hydrogens is 400 g/mol. The molecule has 0 aliphatic heterocycles. The monoisotopic (exact) mass is 420 g/mol. The third kappa shape index (κ3) is 5.49. The van der Waals surface area contributed by atoms with Gasteiger partial charge < -0.3 is 14.2 Å². The summed E-state index contributed by atoms with van der Waals surface area (Å²) in [5, 5.41) is 3.92. The highest BCUT2D eigenvalue weighted by atomic mass is 79.9. The van der Waals surface area contributed by atoms with Gasteiger partial charge in [-0.3, -0.25) is 4.79 Å². The van der Waals surface area contributed by atoms with Crippen molar-refractivity contribution in [1.82, 2.24) is 5.43 Å². The molecule has 7 heteroatoms. The summed E-state index contributed by atoms with van der Waals surface area (Å²) in [5.74, 6) is 1.47. The topological polar surface area (TPSA) is 69.2 Å². The summed E-state index contributed by atoms with van der Waals surface area (Å²) >= 11 is 3.44. The Morgan fingerprint density at radius 1 is 1.12 bits per heavy atom. The minimum atomic E-state index is -0.354. The number of hydrogen-bond donors (Lipinski definition) is 1. The summed E-state index contributed by atoms with van der Waals surface area (Å²) in [7, 11) is 3.13. The molecule has 26 heavy (non-hydrogen) atoms. The van der Waals surface area contributed by atoms with Crippen molar-refractivity contribution in [1.29, 1.82) is 0 Å². The maximum Gasteiger partial charge on any atom is 0.277 e. The SMILES string of the molecule is CCc1ccc(OCC(=O)N/N=C/c2ccc(OC)c(OC)c2)c(Br)c1. The van der Waals surface area contributed by atoms with Crippen LogP contribution in [0.1, 0.15) is 18.1 Å². The van der Waals surface area contributed by atoms with Gasteiger partial charge in [0.25, 0.3) is 5.91 Å². The largest absolute Gasteiger partial charge is 0.493 e. The van der Waals surface area contributed by atoms with E-state index in [1.807, 2.05) is 18.2 Å². The molecular formula is C19H21BrN2O4. The van der Waals surface area contributed by atoms with E-state index in [-0.39, 0.29) is 12.5 Å². The van der Waals surface area contributed by atoms with Crippen molar-refractivity contribution in [3.63, 3.8) is 0 Å². The Morgan fingerprint density at radius 2 is 1.85 bits per heavy atom. The zero-order chi connectivity index (χ0) is 18.9. The summed E-state index contributed by atoms with van der Waals surface area (Å²) in [6.45, 7) is 1.94. The van der Waals surface area contributed by atoms with Crippen molar-refractivity contribution in [3.05, 3.63) is 52.0 Å². The number of aryl methyl sites for hydroxylation is 1. The van der Waals surface area contributed by atoms with Crippen LogP contribution in [0.2, 0.25) is 0 Å². The van der Waals surface area contributed by atoms with E-state index in [0.717, 1.165) is 16.5 Å². The van der Waals surface area contributed by atoms with Gasteiger partial charge in [0.2, 0.25) is 0 Å². The van der Waals surface area contributed by atoms with Crippen LogP contribution in [-0.4, -0.2) is 32.9 Å². The second-order valence-electron chi connectivity index (χ2n) is 5.31. The first-order valence-electron chi connectivity index (χ1n) is 8.02. The maximum absolute atomic E-state index is 11.9. The summed E-state index contributed by atoms with van der Waals surface area (Å²) in [4.78, 5) is 11.9. The lowest BCUT2D eigenvalue weighted by Gasteiger charge is -2.08. The summed E-state index contributed by atoms with van der Waals surface area (Å²) in [5.41, 5.74) is 4.38. The van der Waals surface area contributed by atoms with Crippen LogP contribution in [0.3, 0.4) is 0 Å². The number of carbonyl (C=O) groups is 1. The van der Waals surface area contributed by atoms with E-state index in [1.54, 1.807) is 32.4 Å². The van der Waals surface area contributed by atoms with Crippen LogP contribution < -0.4 is 19.6 Å². The number of halogens is 1. The molecule has 0 heterocycles. The van der Waals surface area contributed by atoms with Crippen LogP contribution in [0.25, 0.3) is 0 Å². The van der Waals surface area contributed by atoms with Gasteiger partial charge in [0, 0.05) is 0 Å². The van der Waals surface area contributed by atoms with Crippen LogP contribution in [0.5, 0.6) is 17.2 Å². The van der Waals surface area contributed by atoms with E-state index >= 15 is 0 Å². The molecule has 0 spiro atoms. The molecule has 2 aromatic carbocycles. The minimum Gasteiger partial charge on any atom is -0.493 e. The molecule has 2 aromatic rings. The normalized spacial score (nSPS) is 10.6. The molecule has 138 valence electrons. The zero-order valence-electron chi connectivity index (χ0n) is 14.9. The molecule has 0 aliphatic carbocycles. The molecule has 6 nitrogen and oxygen atoms in total. The molecule has 0 radical (unpaired) electrons. The van der Waals surface area contributed by atoms with Crippen molar-refractivity contribution in [2.24, 2.45) is 5.10 Å². The molecule has 0 bridgehead atoms. The summed E-state index contributed by atoms with van der Waals surface area (Å²) < 4.78 is 16.7. The lowest BCUT2D eigenvalue weighted by molar-refractivity contribution is -0.123. The first-order valence-corrected chi connectivity index (χ1v) is 8.81. The van der Waals surface area contributed by atoms with Gasteiger partial charge in [-0.25, -0.2) is 5.43 Å². The van der Waals surface area contributed by atoms with Gasteiger partial charge >= 0.3 is 0 Å². The van der Waals surface area contributed by atoms with Crippen molar-refractivity contribution in [2.45, 2.75) is 13.3 Å². The van der Waals surface area contributed by atoms with Crippen LogP contribution in [-0.2, 0) is 11.2 Å². The Hall–Kier alpha value is -2.54. The predicted octanol–water partition coefficient (Wildman–Crippen LogP) is 3.56. The third-order valence-corrected chi connectivity index (χ3v) is 4.19. The fourth-order valence-corrected chi connectivity index (χ4v) is 2.71. The molecule has 0 unspecified atom stereocenters. The first kappa shape index (κ1) is 19.8. The van der Waals surface area contributed by atoms with Gasteiger partial charge in [-0.2, -0.15) is 5.10 Å². The number of amides is 1.